The Balaban J connectivity index is 2.79. The van der Waals surface area contributed by atoms with Gasteiger partial charge in [-0.15, -0.1) is 0 Å². The van der Waals surface area contributed by atoms with E-state index in [0.717, 1.165) is 30.5 Å². The topological polar surface area (TPSA) is 23.9 Å². The van der Waals surface area contributed by atoms with E-state index in [1.807, 2.05) is 0 Å². The second-order valence-electron chi connectivity index (χ2n) is 3.96. The Bertz CT molecular complexity index is 306. The van der Waals surface area contributed by atoms with E-state index in [-0.39, 0.29) is 0 Å². The first-order valence-electron chi connectivity index (χ1n) is 5.29. The third kappa shape index (κ3) is 2.99. The van der Waals surface area contributed by atoms with Crippen LogP contribution in [-0.2, 0) is 0 Å². The summed E-state index contributed by atoms with van der Waals surface area (Å²) in [7, 11) is 0. The van der Waals surface area contributed by atoms with E-state index in [9.17, 15) is 0 Å². The van der Waals surface area contributed by atoms with Crippen LogP contribution in [0.4, 0.5) is 0 Å². The number of unbranched alkanes of at least 4 members (excludes halogenated alkanes) is 1. The molecule has 0 fully saturated rings. The summed E-state index contributed by atoms with van der Waals surface area (Å²) in [6, 6.07) is 6.35. The fourth-order valence-corrected chi connectivity index (χ4v) is 1.65. The van der Waals surface area contributed by atoms with Crippen LogP contribution in [0.25, 0.3) is 0 Å². The van der Waals surface area contributed by atoms with Crippen LogP contribution in [0.5, 0.6) is 0 Å². The molecular weight excluding hydrogens is 170 g/mol. The van der Waals surface area contributed by atoms with Crippen LogP contribution in [-0.4, -0.2) is 5.71 Å². The fraction of sp³-hybridized carbons (Fsp3) is 0.462. The minimum absolute atomic E-state index is 0.777. The van der Waals surface area contributed by atoms with Crippen LogP contribution >= 0.6 is 0 Å². The SMILES string of the molecule is CCCCC(=N)c1cc(C)cc(C)c1. The first-order chi connectivity index (χ1) is 6.63. The average Bonchev–Trinajstić information content (AvgIpc) is 2.12. The van der Waals surface area contributed by atoms with Crippen molar-refractivity contribution >= 4 is 5.71 Å². The van der Waals surface area contributed by atoms with E-state index in [1.165, 1.54) is 11.1 Å². The molecule has 1 N–H and O–H groups in total. The van der Waals surface area contributed by atoms with Crippen molar-refractivity contribution < 1.29 is 0 Å². The average molecular weight is 189 g/mol. The van der Waals surface area contributed by atoms with Crippen LogP contribution in [0.3, 0.4) is 0 Å². The van der Waals surface area contributed by atoms with Crippen LogP contribution < -0.4 is 0 Å². The molecule has 1 aromatic carbocycles. The van der Waals surface area contributed by atoms with Gasteiger partial charge in [0, 0.05) is 5.71 Å². The fourth-order valence-electron chi connectivity index (χ4n) is 1.65. The van der Waals surface area contributed by atoms with Gasteiger partial charge in [-0.2, -0.15) is 0 Å². The van der Waals surface area contributed by atoms with Gasteiger partial charge in [0.1, 0.15) is 0 Å². The lowest BCUT2D eigenvalue weighted by Crippen LogP contribution is -1.99. The molecule has 0 saturated carbocycles. The zero-order chi connectivity index (χ0) is 10.6. The molecule has 0 aliphatic heterocycles. The molecule has 0 atom stereocenters. The van der Waals surface area contributed by atoms with Gasteiger partial charge in [0.2, 0.25) is 0 Å². The standard InChI is InChI=1S/C13H19N/c1-4-5-6-13(14)12-8-10(2)7-11(3)9-12/h7-9,14H,4-6H2,1-3H3. The molecule has 0 saturated heterocycles. The highest BCUT2D eigenvalue weighted by Gasteiger charge is 2.01. The van der Waals surface area contributed by atoms with Crippen molar-refractivity contribution in [1.29, 1.82) is 5.41 Å². The molecule has 1 heteroatoms. The zero-order valence-electron chi connectivity index (χ0n) is 9.35. The molecule has 0 bridgehead atoms. The lowest BCUT2D eigenvalue weighted by Gasteiger charge is -2.06. The summed E-state index contributed by atoms with van der Waals surface area (Å²) in [6.07, 6.45) is 3.18. The predicted octanol–water partition coefficient (Wildman–Crippen LogP) is 3.86. The molecule has 1 rings (SSSR count). The first-order valence-corrected chi connectivity index (χ1v) is 5.29. The Morgan fingerprint density at radius 1 is 1.14 bits per heavy atom. The van der Waals surface area contributed by atoms with E-state index in [4.69, 9.17) is 5.41 Å². The van der Waals surface area contributed by atoms with Crippen LogP contribution in [0.2, 0.25) is 0 Å². The maximum Gasteiger partial charge on any atom is 0.0386 e. The highest BCUT2D eigenvalue weighted by molar-refractivity contribution is 5.98. The van der Waals surface area contributed by atoms with Gasteiger partial charge in [0.15, 0.2) is 0 Å². The van der Waals surface area contributed by atoms with Crippen LogP contribution in [0.1, 0.15) is 42.9 Å². The van der Waals surface area contributed by atoms with E-state index in [1.54, 1.807) is 0 Å². The normalized spacial score (nSPS) is 10.2. The molecule has 76 valence electrons. The molecule has 0 aliphatic rings. The van der Waals surface area contributed by atoms with Crippen molar-refractivity contribution in [1.82, 2.24) is 0 Å². The summed E-state index contributed by atoms with van der Waals surface area (Å²) in [6.45, 7) is 6.34. The van der Waals surface area contributed by atoms with Gasteiger partial charge in [-0.05, 0) is 32.3 Å². The highest BCUT2D eigenvalue weighted by atomic mass is 14.4. The van der Waals surface area contributed by atoms with Crippen molar-refractivity contribution in [3.05, 3.63) is 34.9 Å². The largest absolute Gasteiger partial charge is 0.305 e. The Labute approximate surface area is 86.7 Å². The van der Waals surface area contributed by atoms with Crippen LogP contribution in [0.15, 0.2) is 18.2 Å². The summed E-state index contributed by atoms with van der Waals surface area (Å²) in [4.78, 5) is 0. The summed E-state index contributed by atoms with van der Waals surface area (Å²) < 4.78 is 0. The zero-order valence-corrected chi connectivity index (χ0v) is 9.35. The van der Waals surface area contributed by atoms with Crippen molar-refractivity contribution in [2.75, 3.05) is 0 Å². The van der Waals surface area contributed by atoms with E-state index in [2.05, 4.69) is 39.0 Å². The first kappa shape index (κ1) is 11.0. The van der Waals surface area contributed by atoms with E-state index >= 15 is 0 Å². The molecule has 1 nitrogen and oxygen atoms in total. The van der Waals surface area contributed by atoms with E-state index in [0.29, 0.717) is 0 Å². The smallest absolute Gasteiger partial charge is 0.0386 e. The van der Waals surface area contributed by atoms with Crippen molar-refractivity contribution in [3.63, 3.8) is 0 Å². The molecule has 0 heterocycles. The van der Waals surface area contributed by atoms with Crippen molar-refractivity contribution in [2.24, 2.45) is 0 Å². The number of hydrogen-bond acceptors (Lipinski definition) is 1. The van der Waals surface area contributed by atoms with Gasteiger partial charge < -0.3 is 5.41 Å². The van der Waals surface area contributed by atoms with E-state index < -0.39 is 0 Å². The van der Waals surface area contributed by atoms with Gasteiger partial charge in [-0.1, -0.05) is 42.7 Å². The Hall–Kier alpha value is -1.11. The lowest BCUT2D eigenvalue weighted by molar-refractivity contribution is 0.833. The summed E-state index contributed by atoms with van der Waals surface area (Å²) in [5.41, 5.74) is 4.37. The third-order valence-corrected chi connectivity index (χ3v) is 2.35. The third-order valence-electron chi connectivity index (χ3n) is 2.35. The minimum atomic E-state index is 0.777. The number of aryl methyl sites for hydroxylation is 2. The Morgan fingerprint density at radius 2 is 1.71 bits per heavy atom. The lowest BCUT2D eigenvalue weighted by atomic mass is 10.0. The second-order valence-corrected chi connectivity index (χ2v) is 3.96. The number of nitrogens with one attached hydrogen (secondary N) is 1. The molecule has 0 spiro atoms. The second kappa shape index (κ2) is 4.94. The van der Waals surface area contributed by atoms with Gasteiger partial charge in [-0.25, -0.2) is 0 Å². The molecule has 0 unspecified atom stereocenters. The molecule has 1 aromatic rings. The summed E-state index contributed by atoms with van der Waals surface area (Å²) in [5.74, 6) is 0. The van der Waals surface area contributed by atoms with Gasteiger partial charge in [-0.3, -0.25) is 0 Å². The highest BCUT2D eigenvalue weighted by Crippen LogP contribution is 2.12. The number of hydrogen-bond donors (Lipinski definition) is 1. The molecule has 0 amide bonds. The monoisotopic (exact) mass is 189 g/mol. The van der Waals surface area contributed by atoms with Crippen molar-refractivity contribution in [3.8, 4) is 0 Å². The molecule has 14 heavy (non-hydrogen) atoms. The minimum Gasteiger partial charge on any atom is -0.305 e. The van der Waals surface area contributed by atoms with Gasteiger partial charge in [0.25, 0.3) is 0 Å². The maximum absolute atomic E-state index is 7.93. The predicted molar refractivity (Wildman–Crippen MR) is 62.3 cm³/mol. The molecule has 0 aliphatic carbocycles. The number of benzene rings is 1. The Morgan fingerprint density at radius 3 is 2.21 bits per heavy atom. The Kier molecular flexibility index (Phi) is 3.87. The molecule has 0 aromatic heterocycles. The summed E-state index contributed by atoms with van der Waals surface area (Å²) in [5, 5.41) is 7.93. The van der Waals surface area contributed by atoms with Gasteiger partial charge in [0.05, 0.1) is 0 Å². The van der Waals surface area contributed by atoms with Crippen molar-refractivity contribution in [2.45, 2.75) is 40.0 Å². The maximum atomic E-state index is 7.93. The van der Waals surface area contributed by atoms with Gasteiger partial charge >= 0.3 is 0 Å². The molecular formula is C13H19N. The number of rotatable bonds is 4. The summed E-state index contributed by atoms with van der Waals surface area (Å²) >= 11 is 0. The quantitative estimate of drug-likeness (QED) is 0.695. The van der Waals surface area contributed by atoms with Crippen LogP contribution in [0, 0.1) is 19.3 Å². The molecule has 0 radical (unpaired) electrons.